The fourth-order valence-corrected chi connectivity index (χ4v) is 2.88. The van der Waals surface area contributed by atoms with Crippen molar-refractivity contribution < 1.29 is 9.53 Å². The minimum Gasteiger partial charge on any atom is -0.376 e. The van der Waals surface area contributed by atoms with E-state index in [1.54, 1.807) is 11.3 Å². The van der Waals surface area contributed by atoms with Gasteiger partial charge in [0.1, 0.15) is 0 Å². The Labute approximate surface area is 105 Å². The maximum absolute atomic E-state index is 11.9. The number of nitrogens with two attached hydrogens (primary N) is 1. The maximum atomic E-state index is 11.9. The van der Waals surface area contributed by atoms with Gasteiger partial charge in [-0.2, -0.15) is 0 Å². The average Bonchev–Trinajstić information content (AvgIpc) is 2.78. The van der Waals surface area contributed by atoms with Crippen LogP contribution in [0, 0.1) is 0 Å². The number of unbranched alkanes of at least 4 members (excludes halogenated alkanes) is 1. The quantitative estimate of drug-likeness (QED) is 0.778. The Bertz CT molecular complexity index is 366. The highest BCUT2D eigenvalue weighted by Crippen LogP contribution is 2.26. The largest absolute Gasteiger partial charge is 0.376 e. The second-order valence-electron chi connectivity index (χ2n) is 4.11. The lowest BCUT2D eigenvalue weighted by Crippen LogP contribution is -2.24. The number of carbonyl (C=O) groups excluding carboxylic acids is 1. The highest BCUT2D eigenvalue weighted by Gasteiger charge is 2.17. The molecule has 0 saturated carbocycles. The molecule has 3 N–H and O–H groups in total. The van der Waals surface area contributed by atoms with Crippen molar-refractivity contribution in [2.75, 3.05) is 19.7 Å². The lowest BCUT2D eigenvalue weighted by atomic mass is 10.2. The summed E-state index contributed by atoms with van der Waals surface area (Å²) in [7, 11) is 0. The Morgan fingerprint density at radius 2 is 2.41 bits per heavy atom. The van der Waals surface area contributed by atoms with Crippen molar-refractivity contribution in [2.24, 2.45) is 5.73 Å². The first kappa shape index (κ1) is 12.5. The molecule has 1 aliphatic heterocycles. The minimum absolute atomic E-state index is 0.0291. The van der Waals surface area contributed by atoms with Gasteiger partial charge in [-0.25, -0.2) is 0 Å². The third kappa shape index (κ3) is 3.28. The number of amides is 1. The van der Waals surface area contributed by atoms with Gasteiger partial charge in [-0.3, -0.25) is 4.79 Å². The number of hydrogen-bond acceptors (Lipinski definition) is 4. The monoisotopic (exact) mass is 254 g/mol. The summed E-state index contributed by atoms with van der Waals surface area (Å²) < 4.78 is 5.36. The van der Waals surface area contributed by atoms with Crippen LogP contribution in [-0.4, -0.2) is 25.6 Å². The Morgan fingerprint density at radius 3 is 3.18 bits per heavy atom. The third-order valence-electron chi connectivity index (χ3n) is 2.77. The molecule has 5 heteroatoms. The number of fused-ring (bicyclic) bond motifs is 1. The highest BCUT2D eigenvalue weighted by molar-refractivity contribution is 7.14. The molecule has 2 rings (SSSR count). The molecule has 94 valence electrons. The van der Waals surface area contributed by atoms with Crippen LogP contribution in [0.3, 0.4) is 0 Å². The van der Waals surface area contributed by atoms with Gasteiger partial charge in [-0.15, -0.1) is 11.3 Å². The SMILES string of the molecule is NCCCCNC(=O)c1cc2c(s1)CCOC2. The molecule has 0 aliphatic carbocycles. The van der Waals surface area contributed by atoms with Crippen molar-refractivity contribution in [2.45, 2.75) is 25.9 Å². The first-order valence-corrected chi connectivity index (χ1v) is 6.80. The minimum atomic E-state index is 0.0291. The summed E-state index contributed by atoms with van der Waals surface area (Å²) in [5, 5.41) is 2.92. The molecule has 0 radical (unpaired) electrons. The second-order valence-corrected chi connectivity index (χ2v) is 5.25. The van der Waals surface area contributed by atoms with Crippen molar-refractivity contribution in [1.82, 2.24) is 5.32 Å². The lowest BCUT2D eigenvalue weighted by Gasteiger charge is -2.10. The zero-order valence-electron chi connectivity index (χ0n) is 9.83. The molecular formula is C12H18N2O2S. The zero-order chi connectivity index (χ0) is 12.1. The molecule has 0 fully saturated rings. The standard InChI is InChI=1S/C12H18N2O2S/c13-4-1-2-5-14-12(15)11-7-9-8-16-6-3-10(9)17-11/h7H,1-6,8,13H2,(H,14,15). The molecule has 4 nitrogen and oxygen atoms in total. The van der Waals surface area contributed by atoms with Crippen LogP contribution in [0.2, 0.25) is 0 Å². The van der Waals surface area contributed by atoms with E-state index < -0.39 is 0 Å². The van der Waals surface area contributed by atoms with Crippen LogP contribution in [-0.2, 0) is 17.8 Å². The molecular weight excluding hydrogens is 236 g/mol. The van der Waals surface area contributed by atoms with E-state index >= 15 is 0 Å². The van der Waals surface area contributed by atoms with Crippen molar-refractivity contribution in [1.29, 1.82) is 0 Å². The molecule has 0 unspecified atom stereocenters. The van der Waals surface area contributed by atoms with E-state index in [0.29, 0.717) is 19.7 Å². The van der Waals surface area contributed by atoms with Crippen LogP contribution in [0.1, 0.15) is 33.0 Å². The fraction of sp³-hybridized carbons (Fsp3) is 0.583. The predicted octanol–water partition coefficient (Wildman–Crippen LogP) is 1.29. The van der Waals surface area contributed by atoms with Crippen LogP contribution in [0.25, 0.3) is 0 Å². The van der Waals surface area contributed by atoms with E-state index in [4.69, 9.17) is 10.5 Å². The lowest BCUT2D eigenvalue weighted by molar-refractivity contribution is 0.0956. The van der Waals surface area contributed by atoms with E-state index in [1.807, 2.05) is 6.07 Å². The van der Waals surface area contributed by atoms with E-state index in [1.165, 1.54) is 10.4 Å². The van der Waals surface area contributed by atoms with Crippen LogP contribution in [0.15, 0.2) is 6.07 Å². The Morgan fingerprint density at radius 1 is 1.53 bits per heavy atom. The van der Waals surface area contributed by atoms with Crippen molar-refractivity contribution >= 4 is 17.2 Å². The van der Waals surface area contributed by atoms with Crippen LogP contribution < -0.4 is 11.1 Å². The number of hydrogen-bond donors (Lipinski definition) is 2. The summed E-state index contributed by atoms with van der Waals surface area (Å²) in [6.07, 6.45) is 2.83. The van der Waals surface area contributed by atoms with Crippen molar-refractivity contribution in [3.63, 3.8) is 0 Å². The summed E-state index contributed by atoms with van der Waals surface area (Å²) in [6, 6.07) is 1.96. The number of rotatable bonds is 5. The van der Waals surface area contributed by atoms with Gasteiger partial charge in [0, 0.05) is 17.8 Å². The Hall–Kier alpha value is -0.910. The van der Waals surface area contributed by atoms with Gasteiger partial charge in [-0.1, -0.05) is 0 Å². The molecule has 1 aromatic rings. The van der Waals surface area contributed by atoms with Gasteiger partial charge in [0.05, 0.1) is 18.1 Å². The Balaban J connectivity index is 1.88. The number of nitrogens with one attached hydrogen (secondary N) is 1. The van der Waals surface area contributed by atoms with Gasteiger partial charge in [0.15, 0.2) is 0 Å². The molecule has 1 aliphatic rings. The molecule has 0 atom stereocenters. The van der Waals surface area contributed by atoms with Crippen molar-refractivity contribution in [3.8, 4) is 0 Å². The number of carbonyl (C=O) groups is 1. The van der Waals surface area contributed by atoms with Crippen molar-refractivity contribution in [3.05, 3.63) is 21.4 Å². The maximum Gasteiger partial charge on any atom is 0.261 e. The van der Waals surface area contributed by atoms with Gasteiger partial charge in [0.2, 0.25) is 0 Å². The van der Waals surface area contributed by atoms with E-state index in [0.717, 1.165) is 30.7 Å². The van der Waals surface area contributed by atoms with Crippen LogP contribution in [0.4, 0.5) is 0 Å². The van der Waals surface area contributed by atoms with Gasteiger partial charge < -0.3 is 15.8 Å². The van der Waals surface area contributed by atoms with E-state index in [2.05, 4.69) is 5.32 Å². The summed E-state index contributed by atoms with van der Waals surface area (Å²) in [5.41, 5.74) is 6.57. The molecule has 0 spiro atoms. The summed E-state index contributed by atoms with van der Waals surface area (Å²) in [5.74, 6) is 0.0291. The molecule has 1 aromatic heterocycles. The van der Waals surface area contributed by atoms with Gasteiger partial charge in [0.25, 0.3) is 5.91 Å². The predicted molar refractivity (Wildman–Crippen MR) is 68.3 cm³/mol. The summed E-state index contributed by atoms with van der Waals surface area (Å²) in [6.45, 7) is 2.80. The topological polar surface area (TPSA) is 64.3 Å². The smallest absolute Gasteiger partial charge is 0.261 e. The van der Waals surface area contributed by atoms with Crippen LogP contribution >= 0.6 is 11.3 Å². The first-order chi connectivity index (χ1) is 8.31. The summed E-state index contributed by atoms with van der Waals surface area (Å²) >= 11 is 1.59. The fourth-order valence-electron chi connectivity index (χ4n) is 1.82. The van der Waals surface area contributed by atoms with Gasteiger partial charge in [-0.05, 0) is 31.0 Å². The van der Waals surface area contributed by atoms with E-state index in [9.17, 15) is 4.79 Å². The Kier molecular flexibility index (Phi) is 4.53. The zero-order valence-corrected chi connectivity index (χ0v) is 10.6. The first-order valence-electron chi connectivity index (χ1n) is 5.99. The number of thiophene rings is 1. The molecule has 0 saturated heterocycles. The molecule has 0 aromatic carbocycles. The molecule has 1 amide bonds. The second kappa shape index (κ2) is 6.14. The average molecular weight is 254 g/mol. The summed E-state index contributed by atoms with van der Waals surface area (Å²) in [4.78, 5) is 13.9. The third-order valence-corrected chi connectivity index (χ3v) is 4.00. The highest BCUT2D eigenvalue weighted by atomic mass is 32.1. The number of ether oxygens (including phenoxy) is 1. The van der Waals surface area contributed by atoms with E-state index in [-0.39, 0.29) is 5.91 Å². The molecule has 2 heterocycles. The molecule has 17 heavy (non-hydrogen) atoms. The van der Waals surface area contributed by atoms with Gasteiger partial charge >= 0.3 is 0 Å². The molecule has 0 bridgehead atoms. The van der Waals surface area contributed by atoms with Crippen LogP contribution in [0.5, 0.6) is 0 Å². The normalized spacial score (nSPS) is 14.4.